The summed E-state index contributed by atoms with van der Waals surface area (Å²) in [6.07, 6.45) is 0. The quantitative estimate of drug-likeness (QED) is 0.513. The predicted molar refractivity (Wildman–Crippen MR) is 104 cm³/mol. The van der Waals surface area contributed by atoms with Crippen LogP contribution in [0.5, 0.6) is 0 Å². The highest BCUT2D eigenvalue weighted by Crippen LogP contribution is 2.36. The van der Waals surface area contributed by atoms with E-state index in [1.54, 1.807) is 12.1 Å². The van der Waals surface area contributed by atoms with Crippen molar-refractivity contribution in [2.24, 2.45) is 0 Å². The van der Waals surface area contributed by atoms with E-state index in [-0.39, 0.29) is 11.6 Å². The van der Waals surface area contributed by atoms with Gasteiger partial charge in [0.15, 0.2) is 0 Å². The minimum Gasteiger partial charge on any atom is -0.322 e. The number of halogens is 2. The maximum absolute atomic E-state index is 14.1. The summed E-state index contributed by atoms with van der Waals surface area (Å²) < 4.78 is 14.7. The molecule has 0 aromatic heterocycles. The van der Waals surface area contributed by atoms with E-state index < -0.39 is 11.1 Å². The lowest BCUT2D eigenvalue weighted by molar-refractivity contribution is -0.115. The van der Waals surface area contributed by atoms with Crippen LogP contribution in [0.3, 0.4) is 0 Å². The second-order valence-electron chi connectivity index (χ2n) is 5.34. The molecule has 0 unspecified atom stereocenters. The predicted octanol–water partition coefficient (Wildman–Crippen LogP) is 6.06. The van der Waals surface area contributed by atoms with Gasteiger partial charge in [-0.3, -0.25) is 4.79 Å². The highest BCUT2D eigenvalue weighted by molar-refractivity contribution is 9.10. The van der Waals surface area contributed by atoms with Gasteiger partial charge in [-0.15, -0.1) is 11.8 Å². The molecule has 5 heteroatoms. The molecular formula is C20H15BrFNOS. The molecule has 3 aromatic carbocycles. The molecule has 0 spiro atoms. The normalized spacial score (nSPS) is 11.8. The zero-order valence-electron chi connectivity index (χ0n) is 13.2. The van der Waals surface area contributed by atoms with E-state index in [4.69, 9.17) is 0 Å². The number of anilines is 1. The van der Waals surface area contributed by atoms with Gasteiger partial charge in [-0.05, 0) is 35.9 Å². The van der Waals surface area contributed by atoms with Crippen molar-refractivity contribution in [2.75, 3.05) is 5.32 Å². The first kappa shape index (κ1) is 17.7. The van der Waals surface area contributed by atoms with Crippen molar-refractivity contribution < 1.29 is 9.18 Å². The maximum Gasteiger partial charge on any atom is 0.242 e. The average Bonchev–Trinajstić information content (AvgIpc) is 2.63. The van der Waals surface area contributed by atoms with E-state index in [1.165, 1.54) is 17.8 Å². The second kappa shape index (κ2) is 8.32. The fourth-order valence-electron chi connectivity index (χ4n) is 2.33. The third-order valence-corrected chi connectivity index (χ3v) is 5.29. The van der Waals surface area contributed by atoms with Gasteiger partial charge in [0.05, 0.1) is 5.69 Å². The standard InChI is InChI=1S/C20H15BrFNOS/c21-15-11-12-18(17(22)13-15)23-20(24)19(14-7-3-1-4-8-14)25-16-9-5-2-6-10-16/h1-13,19H,(H,23,24)/t19-/m0/s1. The first-order valence-corrected chi connectivity index (χ1v) is 9.33. The Hall–Kier alpha value is -2.11. The molecule has 1 N–H and O–H groups in total. The van der Waals surface area contributed by atoms with E-state index in [0.29, 0.717) is 4.47 Å². The number of rotatable bonds is 5. The van der Waals surface area contributed by atoms with Crippen LogP contribution in [0.15, 0.2) is 88.2 Å². The Morgan fingerprint density at radius 2 is 1.60 bits per heavy atom. The number of hydrogen-bond acceptors (Lipinski definition) is 2. The molecule has 1 amide bonds. The van der Waals surface area contributed by atoms with Crippen LogP contribution in [0.25, 0.3) is 0 Å². The van der Waals surface area contributed by atoms with Crippen LogP contribution in [-0.4, -0.2) is 5.91 Å². The van der Waals surface area contributed by atoms with Crippen LogP contribution in [0.1, 0.15) is 10.8 Å². The monoisotopic (exact) mass is 415 g/mol. The van der Waals surface area contributed by atoms with Crippen molar-refractivity contribution in [1.29, 1.82) is 0 Å². The van der Waals surface area contributed by atoms with Gasteiger partial charge in [-0.1, -0.05) is 64.5 Å². The smallest absolute Gasteiger partial charge is 0.242 e. The average molecular weight is 416 g/mol. The lowest BCUT2D eigenvalue weighted by Gasteiger charge is -2.17. The highest BCUT2D eigenvalue weighted by Gasteiger charge is 2.23. The molecule has 0 aliphatic carbocycles. The van der Waals surface area contributed by atoms with Crippen molar-refractivity contribution in [2.45, 2.75) is 10.1 Å². The number of nitrogens with one attached hydrogen (secondary N) is 1. The first-order valence-electron chi connectivity index (χ1n) is 7.66. The van der Waals surface area contributed by atoms with Crippen LogP contribution >= 0.6 is 27.7 Å². The van der Waals surface area contributed by atoms with Gasteiger partial charge in [0.1, 0.15) is 11.1 Å². The Bertz CT molecular complexity index is 858. The van der Waals surface area contributed by atoms with E-state index in [2.05, 4.69) is 21.2 Å². The molecule has 0 saturated heterocycles. The summed E-state index contributed by atoms with van der Waals surface area (Å²) in [5.74, 6) is -0.736. The van der Waals surface area contributed by atoms with Gasteiger partial charge in [-0.2, -0.15) is 0 Å². The van der Waals surface area contributed by atoms with E-state index >= 15 is 0 Å². The fraction of sp³-hybridized carbons (Fsp3) is 0.0500. The van der Waals surface area contributed by atoms with Crippen LogP contribution in [0.2, 0.25) is 0 Å². The number of carbonyl (C=O) groups is 1. The SMILES string of the molecule is O=C(Nc1ccc(Br)cc1F)[C@@H](Sc1ccccc1)c1ccccc1. The molecule has 1 atom stereocenters. The minimum absolute atomic E-state index is 0.169. The van der Waals surface area contributed by atoms with Gasteiger partial charge in [0, 0.05) is 9.37 Å². The van der Waals surface area contributed by atoms with Crippen LogP contribution in [-0.2, 0) is 4.79 Å². The summed E-state index contributed by atoms with van der Waals surface area (Å²) in [6.45, 7) is 0. The first-order chi connectivity index (χ1) is 12.1. The molecule has 0 aliphatic heterocycles. The second-order valence-corrected chi connectivity index (χ2v) is 7.43. The van der Waals surface area contributed by atoms with Crippen molar-refractivity contribution in [3.63, 3.8) is 0 Å². The third-order valence-electron chi connectivity index (χ3n) is 3.53. The summed E-state index contributed by atoms with van der Waals surface area (Å²) in [7, 11) is 0. The molecule has 126 valence electrons. The Labute approximate surface area is 158 Å². The molecule has 0 radical (unpaired) electrons. The number of thioether (sulfide) groups is 1. The van der Waals surface area contributed by atoms with Crippen molar-refractivity contribution in [1.82, 2.24) is 0 Å². The lowest BCUT2D eigenvalue weighted by Crippen LogP contribution is -2.19. The molecule has 2 nitrogen and oxygen atoms in total. The molecule has 25 heavy (non-hydrogen) atoms. The van der Waals surface area contributed by atoms with Gasteiger partial charge >= 0.3 is 0 Å². The maximum atomic E-state index is 14.1. The van der Waals surface area contributed by atoms with E-state index in [9.17, 15) is 9.18 Å². The lowest BCUT2D eigenvalue weighted by atomic mass is 10.1. The molecule has 3 rings (SSSR count). The van der Waals surface area contributed by atoms with Gasteiger partial charge in [0.25, 0.3) is 0 Å². The minimum atomic E-state index is -0.480. The Balaban J connectivity index is 1.87. The fourth-order valence-corrected chi connectivity index (χ4v) is 3.70. The molecule has 0 heterocycles. The molecule has 0 aliphatic rings. The summed E-state index contributed by atoms with van der Waals surface area (Å²) >= 11 is 4.65. The molecule has 0 saturated carbocycles. The Kier molecular flexibility index (Phi) is 5.89. The number of hydrogen-bond donors (Lipinski definition) is 1. The summed E-state index contributed by atoms with van der Waals surface area (Å²) in [5, 5.41) is 2.22. The molecule has 0 bridgehead atoms. The summed E-state index contributed by atoms with van der Waals surface area (Å²) in [5.41, 5.74) is 1.04. The molecule has 3 aromatic rings. The highest BCUT2D eigenvalue weighted by atomic mass is 79.9. The van der Waals surface area contributed by atoms with Gasteiger partial charge in [-0.25, -0.2) is 4.39 Å². The topological polar surface area (TPSA) is 29.1 Å². The van der Waals surface area contributed by atoms with Crippen molar-refractivity contribution in [3.8, 4) is 0 Å². The number of benzene rings is 3. The molecular weight excluding hydrogens is 401 g/mol. The number of carbonyl (C=O) groups excluding carboxylic acids is 1. The van der Waals surface area contributed by atoms with Gasteiger partial charge in [0.2, 0.25) is 5.91 Å². The number of amides is 1. The van der Waals surface area contributed by atoms with Crippen molar-refractivity contribution >= 4 is 39.3 Å². The summed E-state index contributed by atoms with van der Waals surface area (Å²) in [4.78, 5) is 13.8. The van der Waals surface area contributed by atoms with E-state index in [0.717, 1.165) is 10.5 Å². The van der Waals surface area contributed by atoms with Crippen molar-refractivity contribution in [3.05, 3.63) is 94.7 Å². The third kappa shape index (κ3) is 4.71. The van der Waals surface area contributed by atoms with Crippen LogP contribution < -0.4 is 5.32 Å². The summed E-state index contributed by atoms with van der Waals surface area (Å²) in [6, 6.07) is 23.7. The molecule has 0 fully saturated rings. The Morgan fingerprint density at radius 3 is 2.24 bits per heavy atom. The zero-order valence-corrected chi connectivity index (χ0v) is 15.6. The Morgan fingerprint density at radius 1 is 0.960 bits per heavy atom. The van der Waals surface area contributed by atoms with Crippen LogP contribution in [0, 0.1) is 5.82 Å². The van der Waals surface area contributed by atoms with Gasteiger partial charge < -0.3 is 5.32 Å². The van der Waals surface area contributed by atoms with E-state index in [1.807, 2.05) is 60.7 Å². The zero-order chi connectivity index (χ0) is 17.6. The van der Waals surface area contributed by atoms with Crippen LogP contribution in [0.4, 0.5) is 10.1 Å². The largest absolute Gasteiger partial charge is 0.322 e.